The molecule has 2 fully saturated rings. The topological polar surface area (TPSA) is 72.8 Å². The second-order valence-corrected chi connectivity index (χ2v) is 7.21. The zero-order valence-electron chi connectivity index (χ0n) is 13.3. The molecular weight excluding hydrogens is 268 g/mol. The van der Waals surface area contributed by atoms with E-state index < -0.39 is 11.6 Å². The third-order valence-corrected chi connectivity index (χ3v) is 5.20. The van der Waals surface area contributed by atoms with Crippen LogP contribution in [0.2, 0.25) is 0 Å². The van der Waals surface area contributed by atoms with E-state index in [2.05, 4.69) is 24.1 Å². The highest BCUT2D eigenvalue weighted by Crippen LogP contribution is 2.32. The molecule has 21 heavy (non-hydrogen) atoms. The van der Waals surface area contributed by atoms with E-state index in [0.29, 0.717) is 44.2 Å². The van der Waals surface area contributed by atoms with Crippen molar-refractivity contribution in [2.45, 2.75) is 57.6 Å². The van der Waals surface area contributed by atoms with Gasteiger partial charge in [0.25, 0.3) is 0 Å². The molecule has 1 aliphatic heterocycles. The lowest BCUT2D eigenvalue weighted by Gasteiger charge is -2.35. The van der Waals surface area contributed by atoms with Crippen molar-refractivity contribution < 1.29 is 15.0 Å². The van der Waals surface area contributed by atoms with Crippen LogP contribution in [-0.2, 0) is 4.79 Å². The number of aliphatic carboxylic acids is 1. The van der Waals surface area contributed by atoms with E-state index in [9.17, 15) is 9.90 Å². The number of nitrogens with one attached hydrogen (secondary N) is 1. The summed E-state index contributed by atoms with van der Waals surface area (Å²) in [6, 6.07) is 0.616. The Labute approximate surface area is 127 Å². The lowest BCUT2D eigenvalue weighted by Crippen LogP contribution is -2.45. The van der Waals surface area contributed by atoms with Crippen LogP contribution in [0.3, 0.4) is 0 Å². The second-order valence-electron chi connectivity index (χ2n) is 7.21. The molecular formula is C16H30N2O3. The Balaban J connectivity index is 1.66. The molecule has 2 aliphatic rings. The Morgan fingerprint density at radius 3 is 2.52 bits per heavy atom. The summed E-state index contributed by atoms with van der Waals surface area (Å²) in [4.78, 5) is 13.4. The van der Waals surface area contributed by atoms with Crippen molar-refractivity contribution in [1.82, 2.24) is 10.2 Å². The van der Waals surface area contributed by atoms with Crippen molar-refractivity contribution in [2.24, 2.45) is 11.8 Å². The summed E-state index contributed by atoms with van der Waals surface area (Å²) < 4.78 is 0. The molecule has 5 nitrogen and oxygen atoms in total. The van der Waals surface area contributed by atoms with Gasteiger partial charge >= 0.3 is 5.97 Å². The maximum Gasteiger partial charge on any atom is 0.306 e. The van der Waals surface area contributed by atoms with Crippen LogP contribution >= 0.6 is 0 Å². The van der Waals surface area contributed by atoms with Gasteiger partial charge in [0.15, 0.2) is 0 Å². The third kappa shape index (κ3) is 4.66. The molecule has 0 aromatic rings. The number of aliphatic hydroxyl groups is 1. The Morgan fingerprint density at radius 2 is 2.00 bits per heavy atom. The largest absolute Gasteiger partial charge is 0.481 e. The number of rotatable bonds is 6. The smallest absolute Gasteiger partial charge is 0.306 e. The molecule has 0 amide bonds. The molecule has 3 N–H and O–H groups in total. The van der Waals surface area contributed by atoms with Crippen LogP contribution < -0.4 is 5.32 Å². The first-order valence-electron chi connectivity index (χ1n) is 8.29. The fourth-order valence-corrected chi connectivity index (χ4v) is 3.59. The first-order chi connectivity index (χ1) is 9.89. The van der Waals surface area contributed by atoms with E-state index in [4.69, 9.17) is 5.11 Å². The normalized spacial score (nSPS) is 34.5. The highest BCUT2D eigenvalue weighted by molar-refractivity contribution is 5.70. The van der Waals surface area contributed by atoms with Crippen LogP contribution in [0.5, 0.6) is 0 Å². The van der Waals surface area contributed by atoms with Crippen LogP contribution in [0.1, 0.15) is 46.0 Å². The lowest BCUT2D eigenvalue weighted by molar-refractivity contribution is -0.144. The van der Waals surface area contributed by atoms with Crippen LogP contribution in [0.25, 0.3) is 0 Å². The number of likely N-dealkylation sites (tertiary alicyclic amines) is 1. The monoisotopic (exact) mass is 298 g/mol. The van der Waals surface area contributed by atoms with E-state index in [-0.39, 0.29) is 5.92 Å². The number of carboxylic acid groups (broad SMARTS) is 1. The number of carboxylic acids is 1. The summed E-state index contributed by atoms with van der Waals surface area (Å²) in [7, 11) is 0. The molecule has 1 heterocycles. The average Bonchev–Trinajstić information content (AvgIpc) is 2.88. The molecule has 0 aromatic carbocycles. The highest BCUT2D eigenvalue weighted by Gasteiger charge is 2.35. The maximum atomic E-state index is 10.9. The minimum atomic E-state index is -0.718. The van der Waals surface area contributed by atoms with Crippen molar-refractivity contribution in [3.63, 3.8) is 0 Å². The number of hydrogen-bond acceptors (Lipinski definition) is 4. The fourth-order valence-electron chi connectivity index (χ4n) is 3.59. The summed E-state index contributed by atoms with van der Waals surface area (Å²) in [5, 5.41) is 22.9. The van der Waals surface area contributed by atoms with Crippen LogP contribution in [0.4, 0.5) is 0 Å². The molecule has 1 aliphatic carbocycles. The van der Waals surface area contributed by atoms with Gasteiger partial charge in [-0.05, 0) is 65.0 Å². The zero-order valence-corrected chi connectivity index (χ0v) is 13.3. The van der Waals surface area contributed by atoms with Crippen LogP contribution in [-0.4, -0.2) is 58.9 Å². The quantitative estimate of drug-likeness (QED) is 0.689. The van der Waals surface area contributed by atoms with E-state index in [1.807, 2.05) is 0 Å². The van der Waals surface area contributed by atoms with Gasteiger partial charge in [-0.25, -0.2) is 0 Å². The van der Waals surface area contributed by atoms with E-state index in [1.54, 1.807) is 0 Å². The Morgan fingerprint density at radius 1 is 1.33 bits per heavy atom. The van der Waals surface area contributed by atoms with Gasteiger partial charge < -0.3 is 20.4 Å². The number of nitrogens with zero attached hydrogens (tertiary/aromatic N) is 1. The van der Waals surface area contributed by atoms with Gasteiger partial charge in [-0.1, -0.05) is 0 Å². The van der Waals surface area contributed by atoms with Crippen LogP contribution in [0.15, 0.2) is 0 Å². The van der Waals surface area contributed by atoms with Gasteiger partial charge in [-0.3, -0.25) is 4.79 Å². The summed E-state index contributed by atoms with van der Waals surface area (Å²) in [5.41, 5.74) is -0.706. The molecule has 0 radical (unpaired) electrons. The van der Waals surface area contributed by atoms with Gasteiger partial charge in [-0.15, -0.1) is 0 Å². The van der Waals surface area contributed by atoms with E-state index in [0.717, 1.165) is 13.1 Å². The summed E-state index contributed by atoms with van der Waals surface area (Å²) in [5.74, 6) is -0.309. The summed E-state index contributed by atoms with van der Waals surface area (Å²) in [6.45, 7) is 8.34. The van der Waals surface area contributed by atoms with Gasteiger partial charge in [0.05, 0.1) is 11.5 Å². The Hall–Kier alpha value is -0.650. The molecule has 122 valence electrons. The predicted octanol–water partition coefficient (Wildman–Crippen LogP) is 1.31. The lowest BCUT2D eigenvalue weighted by atomic mass is 9.79. The van der Waals surface area contributed by atoms with E-state index in [1.165, 1.54) is 13.0 Å². The van der Waals surface area contributed by atoms with Crippen molar-refractivity contribution in [1.29, 1.82) is 0 Å². The van der Waals surface area contributed by atoms with Gasteiger partial charge in [0.2, 0.25) is 0 Å². The predicted molar refractivity (Wildman–Crippen MR) is 82.2 cm³/mol. The van der Waals surface area contributed by atoms with Gasteiger partial charge in [0.1, 0.15) is 0 Å². The Kier molecular flexibility index (Phi) is 5.63. The highest BCUT2D eigenvalue weighted by atomic mass is 16.4. The fraction of sp³-hybridized carbons (Fsp3) is 0.938. The average molecular weight is 298 g/mol. The number of hydrogen-bond donors (Lipinski definition) is 3. The number of carbonyl (C=O) groups is 1. The first kappa shape index (κ1) is 16.7. The summed E-state index contributed by atoms with van der Waals surface area (Å²) >= 11 is 0. The van der Waals surface area contributed by atoms with Gasteiger partial charge in [0, 0.05) is 19.1 Å². The van der Waals surface area contributed by atoms with Crippen LogP contribution in [0, 0.1) is 11.8 Å². The molecule has 0 bridgehead atoms. The second kappa shape index (κ2) is 7.07. The molecule has 5 heteroatoms. The van der Waals surface area contributed by atoms with Gasteiger partial charge in [-0.2, -0.15) is 0 Å². The minimum Gasteiger partial charge on any atom is -0.481 e. The van der Waals surface area contributed by atoms with Crippen molar-refractivity contribution in [3.8, 4) is 0 Å². The molecule has 1 saturated carbocycles. The molecule has 1 saturated heterocycles. The van der Waals surface area contributed by atoms with Crippen molar-refractivity contribution in [2.75, 3.05) is 26.2 Å². The molecule has 1 atom stereocenters. The van der Waals surface area contributed by atoms with Crippen molar-refractivity contribution >= 4 is 5.97 Å². The van der Waals surface area contributed by atoms with Crippen molar-refractivity contribution in [3.05, 3.63) is 0 Å². The minimum absolute atomic E-state index is 0.264. The zero-order chi connectivity index (χ0) is 15.5. The summed E-state index contributed by atoms with van der Waals surface area (Å²) in [6.07, 6.45) is 3.61. The molecule has 1 unspecified atom stereocenters. The third-order valence-electron chi connectivity index (χ3n) is 5.20. The van der Waals surface area contributed by atoms with E-state index >= 15 is 0 Å². The maximum absolute atomic E-state index is 10.9. The molecule has 2 rings (SSSR count). The standard InChI is InChI=1S/C16H30N2O3/c1-12(2)18-8-5-13(10-18)9-17-11-16(21)6-3-14(4-7-16)15(19)20/h12-14,17,21H,3-11H2,1-2H3,(H,19,20). The first-order valence-corrected chi connectivity index (χ1v) is 8.29. The molecule has 0 aromatic heterocycles. The SMILES string of the molecule is CC(C)N1CCC(CNCC2(O)CCC(C(=O)O)CC2)C1. The molecule has 0 spiro atoms. The Bertz CT molecular complexity index is 351.